The zero-order valence-electron chi connectivity index (χ0n) is 15.3. The van der Waals surface area contributed by atoms with Crippen LogP contribution in [0.15, 0.2) is 36.4 Å². The normalized spacial score (nSPS) is 11.5. The van der Waals surface area contributed by atoms with Crippen LogP contribution in [0.1, 0.15) is 6.92 Å². The van der Waals surface area contributed by atoms with Crippen LogP contribution in [0.5, 0.6) is 0 Å². The first-order chi connectivity index (χ1) is 11.2. The fraction of sp³-hybridized carbons (Fsp3) is 0.368. The Morgan fingerprint density at radius 3 is 1.75 bits per heavy atom. The van der Waals surface area contributed by atoms with Gasteiger partial charge in [0, 0.05) is 27.7 Å². The van der Waals surface area contributed by atoms with Crippen LogP contribution >= 0.6 is 0 Å². The van der Waals surface area contributed by atoms with Crippen molar-refractivity contribution in [1.29, 1.82) is 0 Å². The molecule has 0 radical (unpaired) electrons. The van der Waals surface area contributed by atoms with E-state index in [-0.39, 0.29) is 11.6 Å². The molecule has 0 unspecified atom stereocenters. The van der Waals surface area contributed by atoms with E-state index in [1.807, 2.05) is 57.2 Å². The van der Waals surface area contributed by atoms with Gasteiger partial charge in [0.2, 0.25) is 0 Å². The Kier molecular flexibility index (Phi) is 5.33. The topological polar surface area (TPSA) is 6.48 Å². The van der Waals surface area contributed by atoms with Gasteiger partial charge < -0.3 is 9.80 Å². The predicted octanol–water partition coefficient (Wildman–Crippen LogP) is 3.31. The Hall–Kier alpha value is -1.88. The number of benzene rings is 2. The molecule has 0 aliphatic rings. The highest BCUT2D eigenvalue weighted by molar-refractivity contribution is 7.00. The van der Waals surface area contributed by atoms with Gasteiger partial charge in [0.05, 0.1) is 11.4 Å². The Labute approximate surface area is 144 Å². The van der Waals surface area contributed by atoms with Crippen LogP contribution in [0.4, 0.5) is 20.2 Å². The van der Waals surface area contributed by atoms with Gasteiger partial charge in [-0.2, -0.15) is 0 Å². The van der Waals surface area contributed by atoms with Crippen molar-refractivity contribution >= 4 is 29.8 Å². The van der Waals surface area contributed by atoms with E-state index in [0.717, 1.165) is 16.9 Å². The van der Waals surface area contributed by atoms with Crippen LogP contribution in [0.2, 0.25) is 13.1 Å². The molecule has 0 atom stereocenters. The van der Waals surface area contributed by atoms with Gasteiger partial charge in [-0.25, -0.2) is 8.78 Å². The lowest BCUT2D eigenvalue weighted by Gasteiger charge is -2.27. The van der Waals surface area contributed by atoms with Crippen molar-refractivity contribution in [3.05, 3.63) is 48.0 Å². The van der Waals surface area contributed by atoms with Gasteiger partial charge in [0.15, 0.2) is 0 Å². The highest BCUT2D eigenvalue weighted by Gasteiger charge is 2.28. The van der Waals surface area contributed by atoms with Crippen molar-refractivity contribution in [2.75, 3.05) is 37.5 Å². The summed E-state index contributed by atoms with van der Waals surface area (Å²) < 4.78 is 28.1. The summed E-state index contributed by atoms with van der Waals surface area (Å²) in [5, 5.41) is 2.26. The zero-order valence-corrected chi connectivity index (χ0v) is 16.3. The van der Waals surface area contributed by atoms with Gasteiger partial charge in [-0.15, -0.1) is 0 Å². The van der Waals surface area contributed by atoms with E-state index in [1.165, 1.54) is 6.07 Å². The second-order valence-electron chi connectivity index (χ2n) is 6.87. The lowest BCUT2D eigenvalue weighted by Crippen LogP contribution is -2.53. The van der Waals surface area contributed by atoms with Gasteiger partial charge in [0.25, 0.3) is 0 Å². The molecule has 0 aliphatic carbocycles. The third-order valence-corrected chi connectivity index (χ3v) is 8.21. The highest BCUT2D eigenvalue weighted by Crippen LogP contribution is 2.20. The summed E-state index contributed by atoms with van der Waals surface area (Å²) in [5.41, 5.74) is 1.20. The van der Waals surface area contributed by atoms with E-state index in [4.69, 9.17) is 0 Å². The van der Waals surface area contributed by atoms with Gasteiger partial charge in [0.1, 0.15) is 19.7 Å². The minimum atomic E-state index is -2.06. The molecule has 5 heteroatoms. The summed E-state index contributed by atoms with van der Waals surface area (Å²) in [6.45, 7) is 7.16. The molecule has 0 bridgehead atoms. The lowest BCUT2D eigenvalue weighted by molar-refractivity contribution is 0.624. The van der Waals surface area contributed by atoms with Crippen LogP contribution in [-0.4, -0.2) is 35.8 Å². The minimum Gasteiger partial charge on any atom is -0.375 e. The molecular formula is C19H26F2N2Si. The van der Waals surface area contributed by atoms with Gasteiger partial charge >= 0.3 is 0 Å². The van der Waals surface area contributed by atoms with E-state index in [0.29, 0.717) is 11.4 Å². The molecular weight excluding hydrogens is 322 g/mol. The van der Waals surface area contributed by atoms with Crippen molar-refractivity contribution < 1.29 is 8.78 Å². The molecule has 0 saturated carbocycles. The van der Waals surface area contributed by atoms with E-state index in [9.17, 15) is 8.78 Å². The largest absolute Gasteiger partial charge is 0.375 e. The molecule has 0 saturated heterocycles. The molecule has 24 heavy (non-hydrogen) atoms. The third-order valence-electron chi connectivity index (χ3n) is 4.70. The van der Waals surface area contributed by atoms with Gasteiger partial charge in [-0.3, -0.25) is 0 Å². The quantitative estimate of drug-likeness (QED) is 0.765. The number of anilines is 2. The molecule has 0 heterocycles. The van der Waals surface area contributed by atoms with Crippen LogP contribution in [0.25, 0.3) is 0 Å². The predicted molar refractivity (Wildman–Crippen MR) is 103 cm³/mol. The summed E-state index contributed by atoms with van der Waals surface area (Å²) in [4.78, 5) is 3.68. The maximum Gasteiger partial charge on any atom is 0.146 e. The van der Waals surface area contributed by atoms with Crippen LogP contribution in [-0.2, 0) is 0 Å². The average molecular weight is 349 g/mol. The molecule has 0 aromatic heterocycles. The van der Waals surface area contributed by atoms with Crippen molar-refractivity contribution in [3.8, 4) is 0 Å². The third kappa shape index (κ3) is 3.46. The number of hydrogen-bond acceptors (Lipinski definition) is 2. The fourth-order valence-corrected chi connectivity index (χ4v) is 5.10. The molecule has 2 nitrogen and oxygen atoms in total. The summed E-state index contributed by atoms with van der Waals surface area (Å²) >= 11 is 0. The van der Waals surface area contributed by atoms with Gasteiger partial charge in [-0.1, -0.05) is 35.6 Å². The summed E-state index contributed by atoms with van der Waals surface area (Å²) in [6, 6.07) is 10.7. The van der Waals surface area contributed by atoms with E-state index in [1.54, 1.807) is 11.0 Å². The smallest absolute Gasteiger partial charge is 0.146 e. The monoisotopic (exact) mass is 348 g/mol. The summed E-state index contributed by atoms with van der Waals surface area (Å²) in [7, 11) is 3.50. The molecule has 130 valence electrons. The lowest BCUT2D eigenvalue weighted by atomic mass is 10.3. The van der Waals surface area contributed by atoms with Crippen molar-refractivity contribution in [2.24, 2.45) is 0 Å². The highest BCUT2D eigenvalue weighted by atomic mass is 28.3. The molecule has 2 aromatic carbocycles. The number of halogens is 2. The SMILES string of the molecule is CCN(C)c1cc([Si](C)(C)c2ccc(F)c(N(C)C)c2)ccc1F. The second-order valence-corrected chi connectivity index (χ2v) is 11.3. The first kappa shape index (κ1) is 18.5. The first-order valence-corrected chi connectivity index (χ1v) is 11.2. The van der Waals surface area contributed by atoms with Gasteiger partial charge in [-0.05, 0) is 31.2 Å². The molecule has 0 fully saturated rings. The van der Waals surface area contributed by atoms with Crippen LogP contribution < -0.4 is 20.2 Å². The van der Waals surface area contributed by atoms with E-state index < -0.39 is 8.07 Å². The maximum atomic E-state index is 14.1. The van der Waals surface area contributed by atoms with Crippen LogP contribution in [0.3, 0.4) is 0 Å². The molecule has 2 rings (SSSR count). The molecule has 2 aromatic rings. The molecule has 0 N–H and O–H groups in total. The minimum absolute atomic E-state index is 0.207. The van der Waals surface area contributed by atoms with E-state index >= 15 is 0 Å². The van der Waals surface area contributed by atoms with Crippen LogP contribution in [0, 0.1) is 11.6 Å². The maximum absolute atomic E-state index is 14.1. The standard InChI is InChI=1S/C19H26F2N2Si/c1-7-23(4)19-13-15(9-11-17(19)21)24(5,6)14-8-10-16(20)18(12-14)22(2)3/h8-13H,7H2,1-6H3. The zero-order chi connectivity index (χ0) is 18.1. The summed E-state index contributed by atoms with van der Waals surface area (Å²) in [6.07, 6.45) is 0. The number of nitrogens with zero attached hydrogens (tertiary/aromatic N) is 2. The average Bonchev–Trinajstić information content (AvgIpc) is 2.54. The van der Waals surface area contributed by atoms with Crippen molar-refractivity contribution in [2.45, 2.75) is 20.0 Å². The first-order valence-electron chi connectivity index (χ1n) is 8.17. The molecule has 0 aliphatic heterocycles. The summed E-state index contributed by atoms with van der Waals surface area (Å²) in [5.74, 6) is -0.431. The number of hydrogen-bond donors (Lipinski definition) is 0. The Morgan fingerprint density at radius 2 is 1.29 bits per heavy atom. The Balaban J connectivity index is 2.53. The second kappa shape index (κ2) is 6.93. The molecule has 0 amide bonds. The van der Waals surface area contributed by atoms with Crippen molar-refractivity contribution in [3.63, 3.8) is 0 Å². The Bertz CT molecular complexity index is 729. The van der Waals surface area contributed by atoms with E-state index in [2.05, 4.69) is 13.1 Å². The number of rotatable bonds is 5. The van der Waals surface area contributed by atoms with Crippen molar-refractivity contribution in [1.82, 2.24) is 0 Å². The Morgan fingerprint density at radius 1 is 0.833 bits per heavy atom. The fourth-order valence-electron chi connectivity index (χ4n) is 2.78. The molecule has 0 spiro atoms.